The Morgan fingerprint density at radius 2 is 1.75 bits per heavy atom. The van der Waals surface area contributed by atoms with Crippen molar-refractivity contribution < 1.29 is 0 Å². The van der Waals surface area contributed by atoms with Gasteiger partial charge in [0.2, 0.25) is 0 Å². The highest BCUT2D eigenvalue weighted by molar-refractivity contribution is 4.97. The molecule has 2 N–H and O–H groups in total. The second-order valence-corrected chi connectivity index (χ2v) is 6.03. The molecule has 2 saturated carbocycles. The summed E-state index contributed by atoms with van der Waals surface area (Å²) >= 11 is 0. The first-order valence-electron chi connectivity index (χ1n) is 7.13. The second-order valence-electron chi connectivity index (χ2n) is 6.03. The molecule has 2 rings (SSSR count). The van der Waals surface area contributed by atoms with Crippen molar-refractivity contribution in [1.29, 1.82) is 0 Å². The fourth-order valence-corrected chi connectivity index (χ4v) is 3.41. The van der Waals surface area contributed by atoms with E-state index in [1.807, 2.05) is 0 Å². The van der Waals surface area contributed by atoms with Crippen LogP contribution in [0.5, 0.6) is 0 Å². The van der Waals surface area contributed by atoms with Crippen LogP contribution in [0.4, 0.5) is 0 Å². The normalized spacial score (nSPS) is 27.8. The zero-order valence-corrected chi connectivity index (χ0v) is 11.0. The molecule has 0 spiro atoms. The topological polar surface area (TPSA) is 29.3 Å². The van der Waals surface area contributed by atoms with Gasteiger partial charge in [0, 0.05) is 18.1 Å². The predicted octanol–water partition coefficient (Wildman–Crippen LogP) is 2.77. The second kappa shape index (κ2) is 5.05. The van der Waals surface area contributed by atoms with Crippen molar-refractivity contribution in [2.75, 3.05) is 13.6 Å². The van der Waals surface area contributed by atoms with Crippen molar-refractivity contribution >= 4 is 0 Å². The summed E-state index contributed by atoms with van der Waals surface area (Å²) in [6.07, 6.45) is 11.1. The third kappa shape index (κ3) is 2.43. The molecule has 94 valence electrons. The average Bonchev–Trinajstić information content (AvgIpc) is 3.13. The van der Waals surface area contributed by atoms with Crippen molar-refractivity contribution in [2.45, 2.75) is 69.9 Å². The fraction of sp³-hybridized carbons (Fsp3) is 1.00. The van der Waals surface area contributed by atoms with E-state index in [2.05, 4.69) is 18.9 Å². The molecule has 0 saturated heterocycles. The molecule has 0 bridgehead atoms. The molecule has 2 heteroatoms. The maximum atomic E-state index is 6.13. The Labute approximate surface area is 101 Å². The van der Waals surface area contributed by atoms with Gasteiger partial charge in [-0.15, -0.1) is 0 Å². The molecule has 0 aromatic rings. The van der Waals surface area contributed by atoms with E-state index >= 15 is 0 Å². The lowest BCUT2D eigenvalue weighted by Crippen LogP contribution is -2.55. The predicted molar refractivity (Wildman–Crippen MR) is 69.4 cm³/mol. The van der Waals surface area contributed by atoms with E-state index in [-0.39, 0.29) is 0 Å². The number of hydrogen-bond acceptors (Lipinski definition) is 2. The third-order valence-corrected chi connectivity index (χ3v) is 5.08. The lowest BCUT2D eigenvalue weighted by atomic mass is 9.87. The highest BCUT2D eigenvalue weighted by Crippen LogP contribution is 2.40. The van der Waals surface area contributed by atoms with Gasteiger partial charge in [0.15, 0.2) is 0 Å². The van der Waals surface area contributed by atoms with E-state index in [1.54, 1.807) is 0 Å². The SMILES string of the molecule is CC(C1CC1)N(C)C1(CN)CCCCCC1. The summed E-state index contributed by atoms with van der Waals surface area (Å²) in [6.45, 7) is 3.25. The van der Waals surface area contributed by atoms with Crippen LogP contribution in [0.1, 0.15) is 58.3 Å². The highest BCUT2D eigenvalue weighted by Gasteiger charge is 2.40. The molecule has 0 heterocycles. The van der Waals surface area contributed by atoms with E-state index in [0.29, 0.717) is 5.54 Å². The van der Waals surface area contributed by atoms with Gasteiger partial charge in [0.25, 0.3) is 0 Å². The van der Waals surface area contributed by atoms with Gasteiger partial charge in [-0.05, 0) is 45.6 Å². The Kier molecular flexibility index (Phi) is 3.91. The van der Waals surface area contributed by atoms with Gasteiger partial charge < -0.3 is 5.73 Å². The summed E-state index contributed by atoms with van der Waals surface area (Å²) in [5.41, 5.74) is 6.44. The summed E-state index contributed by atoms with van der Waals surface area (Å²) in [4.78, 5) is 2.63. The molecule has 16 heavy (non-hydrogen) atoms. The monoisotopic (exact) mass is 224 g/mol. The first kappa shape index (κ1) is 12.4. The van der Waals surface area contributed by atoms with Gasteiger partial charge in [-0.25, -0.2) is 0 Å². The Morgan fingerprint density at radius 1 is 1.19 bits per heavy atom. The molecule has 1 unspecified atom stereocenters. The maximum absolute atomic E-state index is 6.13. The zero-order valence-electron chi connectivity index (χ0n) is 11.0. The third-order valence-electron chi connectivity index (χ3n) is 5.08. The zero-order chi connectivity index (χ0) is 11.6. The van der Waals surface area contributed by atoms with Crippen molar-refractivity contribution in [3.63, 3.8) is 0 Å². The van der Waals surface area contributed by atoms with Crippen molar-refractivity contribution in [3.8, 4) is 0 Å². The lowest BCUT2D eigenvalue weighted by Gasteiger charge is -2.44. The Hall–Kier alpha value is -0.0800. The van der Waals surface area contributed by atoms with Gasteiger partial charge in [0.05, 0.1) is 0 Å². The lowest BCUT2D eigenvalue weighted by molar-refractivity contribution is 0.0602. The smallest absolute Gasteiger partial charge is 0.0331 e. The minimum absolute atomic E-state index is 0.318. The van der Waals surface area contributed by atoms with E-state index in [1.165, 1.54) is 51.4 Å². The van der Waals surface area contributed by atoms with Crippen LogP contribution in [-0.4, -0.2) is 30.1 Å². The Balaban J connectivity index is 2.04. The molecule has 0 radical (unpaired) electrons. The summed E-state index contributed by atoms with van der Waals surface area (Å²) < 4.78 is 0. The minimum Gasteiger partial charge on any atom is -0.329 e. The van der Waals surface area contributed by atoms with Crippen molar-refractivity contribution in [3.05, 3.63) is 0 Å². The van der Waals surface area contributed by atoms with E-state index < -0.39 is 0 Å². The Bertz CT molecular complexity index is 215. The van der Waals surface area contributed by atoms with Gasteiger partial charge in [0.1, 0.15) is 0 Å². The molecule has 2 aliphatic carbocycles. The summed E-state index contributed by atoms with van der Waals surface area (Å²) in [5.74, 6) is 0.955. The highest BCUT2D eigenvalue weighted by atomic mass is 15.2. The van der Waals surface area contributed by atoms with Crippen LogP contribution in [0.15, 0.2) is 0 Å². The minimum atomic E-state index is 0.318. The summed E-state index contributed by atoms with van der Waals surface area (Å²) in [6, 6.07) is 0.738. The fourth-order valence-electron chi connectivity index (χ4n) is 3.41. The Morgan fingerprint density at radius 3 is 2.19 bits per heavy atom. The van der Waals surface area contributed by atoms with Crippen LogP contribution in [0.2, 0.25) is 0 Å². The summed E-state index contributed by atoms with van der Waals surface area (Å²) in [7, 11) is 2.32. The molecule has 1 atom stereocenters. The van der Waals surface area contributed by atoms with Crippen LogP contribution >= 0.6 is 0 Å². The molecular weight excluding hydrogens is 196 g/mol. The molecule has 2 aliphatic rings. The number of rotatable bonds is 4. The van der Waals surface area contributed by atoms with Gasteiger partial charge in [-0.3, -0.25) is 4.90 Å². The average molecular weight is 224 g/mol. The standard InChI is InChI=1S/C14H28N2/c1-12(13-7-8-13)16(2)14(11-15)9-5-3-4-6-10-14/h12-13H,3-11,15H2,1-2H3. The number of hydrogen-bond donors (Lipinski definition) is 1. The van der Waals surface area contributed by atoms with Crippen molar-refractivity contribution in [1.82, 2.24) is 4.90 Å². The largest absolute Gasteiger partial charge is 0.329 e. The quantitative estimate of drug-likeness (QED) is 0.744. The van der Waals surface area contributed by atoms with Crippen LogP contribution in [0.3, 0.4) is 0 Å². The van der Waals surface area contributed by atoms with Crippen LogP contribution in [-0.2, 0) is 0 Å². The van der Waals surface area contributed by atoms with E-state index in [9.17, 15) is 0 Å². The van der Waals surface area contributed by atoms with Gasteiger partial charge in [-0.2, -0.15) is 0 Å². The number of nitrogens with zero attached hydrogens (tertiary/aromatic N) is 1. The molecule has 0 aromatic carbocycles. The summed E-state index contributed by atoms with van der Waals surface area (Å²) in [5, 5.41) is 0. The van der Waals surface area contributed by atoms with Gasteiger partial charge >= 0.3 is 0 Å². The molecule has 0 amide bonds. The molecule has 2 nitrogen and oxygen atoms in total. The van der Waals surface area contributed by atoms with E-state index in [4.69, 9.17) is 5.73 Å². The van der Waals surface area contributed by atoms with Crippen molar-refractivity contribution in [2.24, 2.45) is 11.7 Å². The molecule has 2 fully saturated rings. The van der Waals surface area contributed by atoms with Crippen LogP contribution < -0.4 is 5.73 Å². The van der Waals surface area contributed by atoms with E-state index in [0.717, 1.165) is 18.5 Å². The van der Waals surface area contributed by atoms with Crippen LogP contribution in [0.25, 0.3) is 0 Å². The van der Waals surface area contributed by atoms with Gasteiger partial charge in [-0.1, -0.05) is 25.7 Å². The first-order valence-corrected chi connectivity index (χ1v) is 7.13. The molecule has 0 aromatic heterocycles. The number of likely N-dealkylation sites (N-methyl/N-ethyl adjacent to an activating group) is 1. The maximum Gasteiger partial charge on any atom is 0.0331 e. The molecular formula is C14H28N2. The van der Waals surface area contributed by atoms with Crippen LogP contribution in [0, 0.1) is 5.92 Å². The molecule has 0 aliphatic heterocycles. The first-order chi connectivity index (χ1) is 7.69. The number of nitrogens with two attached hydrogens (primary N) is 1.